The Morgan fingerprint density at radius 2 is 2.14 bits per heavy atom. The van der Waals surface area contributed by atoms with Gasteiger partial charge in [-0.3, -0.25) is 4.79 Å². The molecule has 1 aliphatic rings. The highest BCUT2D eigenvalue weighted by molar-refractivity contribution is 8.14. The van der Waals surface area contributed by atoms with Crippen LogP contribution in [0, 0.1) is 0 Å². The minimum Gasteiger partial charge on any atom is -0.462 e. The number of hydrogen-bond donors (Lipinski definition) is 0. The van der Waals surface area contributed by atoms with Gasteiger partial charge in [-0.15, -0.1) is 0 Å². The van der Waals surface area contributed by atoms with Crippen molar-refractivity contribution in [1.29, 1.82) is 0 Å². The number of fused-ring (bicyclic) bond motifs is 1. The fraction of sp³-hybridized carbons (Fsp3) is 0.429. The molecule has 8 heteroatoms. The minimum absolute atomic E-state index is 0.00219. The van der Waals surface area contributed by atoms with Gasteiger partial charge >= 0.3 is 12.1 Å². The number of aliphatic imine (C=N–C) groups is 1. The normalized spacial score (nSPS) is 14.8. The molecule has 0 atom stereocenters. The Morgan fingerprint density at radius 1 is 1.41 bits per heavy atom. The molecule has 22 heavy (non-hydrogen) atoms. The number of methoxy groups -OCH3 is 1. The van der Waals surface area contributed by atoms with Crippen LogP contribution >= 0.6 is 11.8 Å². The van der Waals surface area contributed by atoms with Gasteiger partial charge in [0.2, 0.25) is 5.43 Å². The van der Waals surface area contributed by atoms with Crippen molar-refractivity contribution < 1.29 is 19.1 Å². The van der Waals surface area contributed by atoms with Gasteiger partial charge in [0, 0.05) is 24.7 Å². The van der Waals surface area contributed by atoms with E-state index in [2.05, 4.69) is 9.73 Å². The molecule has 2 heterocycles. The maximum Gasteiger partial charge on any atom is 0.434 e. The average molecular weight is 324 g/mol. The number of carbonyl (C=O) groups excluding carboxylic acids is 2. The number of pyridine rings is 1. The third-order valence-electron chi connectivity index (χ3n) is 3.09. The third kappa shape index (κ3) is 3.06. The second-order valence-electron chi connectivity index (χ2n) is 4.42. The van der Waals surface area contributed by atoms with Gasteiger partial charge in [-0.05, 0) is 13.8 Å². The molecular formula is C14H16N2O5S. The predicted molar refractivity (Wildman–Crippen MR) is 81.7 cm³/mol. The molecule has 1 aromatic heterocycles. The topological polar surface area (TPSA) is 87.0 Å². The first-order valence-electron chi connectivity index (χ1n) is 6.78. The van der Waals surface area contributed by atoms with E-state index in [0.717, 1.165) is 0 Å². The lowest BCUT2D eigenvalue weighted by Crippen LogP contribution is -2.23. The van der Waals surface area contributed by atoms with Crippen LogP contribution < -0.4 is 5.43 Å². The van der Waals surface area contributed by atoms with Crippen molar-refractivity contribution >= 4 is 28.9 Å². The molecule has 118 valence electrons. The van der Waals surface area contributed by atoms with Crippen LogP contribution in [0.15, 0.2) is 21.0 Å². The molecule has 1 aliphatic heterocycles. The molecular weight excluding hydrogens is 308 g/mol. The van der Waals surface area contributed by atoms with E-state index in [1.807, 2.05) is 6.92 Å². The number of nitrogens with zero attached hydrogens (tertiary/aromatic N) is 2. The van der Waals surface area contributed by atoms with E-state index in [9.17, 15) is 14.4 Å². The van der Waals surface area contributed by atoms with Gasteiger partial charge < -0.3 is 14.0 Å². The van der Waals surface area contributed by atoms with E-state index in [0.29, 0.717) is 22.2 Å². The highest BCUT2D eigenvalue weighted by Gasteiger charge is 2.28. The number of amides is 1. The standard InChI is InChI=1S/C14H16N2O5S/c1-4-16-7-9(13(18)21-5-2)11(17)8-6-10(22-12(8)16)15-14(19)20-3/h7H,4-6H2,1-3H3. The van der Waals surface area contributed by atoms with Gasteiger partial charge in [0.1, 0.15) is 5.56 Å². The molecule has 1 amide bonds. The van der Waals surface area contributed by atoms with E-state index in [4.69, 9.17) is 4.74 Å². The van der Waals surface area contributed by atoms with Crippen LogP contribution in [0.25, 0.3) is 0 Å². The third-order valence-corrected chi connectivity index (χ3v) is 4.24. The maximum atomic E-state index is 12.4. The zero-order chi connectivity index (χ0) is 16.3. The number of aryl methyl sites for hydroxylation is 1. The number of hydrogen-bond acceptors (Lipinski definition) is 6. The van der Waals surface area contributed by atoms with Crippen molar-refractivity contribution in [3.05, 3.63) is 27.5 Å². The van der Waals surface area contributed by atoms with Crippen LogP contribution in [-0.2, 0) is 22.4 Å². The number of esters is 1. The SMILES string of the molecule is CCOC(=O)c1cn(CC)c2c(c1=O)CC(=NC(=O)OC)S2. The largest absolute Gasteiger partial charge is 0.462 e. The monoisotopic (exact) mass is 324 g/mol. The first-order valence-corrected chi connectivity index (χ1v) is 7.60. The van der Waals surface area contributed by atoms with E-state index in [1.165, 1.54) is 25.1 Å². The molecule has 2 rings (SSSR count). The Morgan fingerprint density at radius 3 is 2.73 bits per heavy atom. The Labute approximate surface area is 131 Å². The summed E-state index contributed by atoms with van der Waals surface area (Å²) in [7, 11) is 1.24. The van der Waals surface area contributed by atoms with Crippen molar-refractivity contribution in [1.82, 2.24) is 4.57 Å². The van der Waals surface area contributed by atoms with Crippen molar-refractivity contribution in [2.75, 3.05) is 13.7 Å². The molecule has 7 nitrogen and oxygen atoms in total. The molecule has 0 N–H and O–H groups in total. The summed E-state index contributed by atoms with van der Waals surface area (Å²) < 4.78 is 11.2. The molecule has 0 bridgehead atoms. The zero-order valence-corrected chi connectivity index (χ0v) is 13.4. The van der Waals surface area contributed by atoms with Crippen LogP contribution in [0.1, 0.15) is 29.8 Å². The van der Waals surface area contributed by atoms with Gasteiger partial charge in [0.05, 0.1) is 23.8 Å². The molecule has 0 spiro atoms. The molecule has 0 saturated heterocycles. The lowest BCUT2D eigenvalue weighted by atomic mass is 10.1. The fourth-order valence-electron chi connectivity index (χ4n) is 2.08. The predicted octanol–water partition coefficient (Wildman–Crippen LogP) is 1.86. The van der Waals surface area contributed by atoms with Crippen LogP contribution in [0.5, 0.6) is 0 Å². The van der Waals surface area contributed by atoms with Crippen LogP contribution in [0.3, 0.4) is 0 Å². The molecule has 0 saturated carbocycles. The van der Waals surface area contributed by atoms with E-state index in [-0.39, 0.29) is 24.0 Å². The van der Waals surface area contributed by atoms with E-state index in [1.54, 1.807) is 11.5 Å². The summed E-state index contributed by atoms with van der Waals surface area (Å²) in [5, 5.41) is 1.17. The molecule has 0 fully saturated rings. The van der Waals surface area contributed by atoms with Crippen molar-refractivity contribution in [2.24, 2.45) is 4.99 Å². The number of ether oxygens (including phenoxy) is 2. The smallest absolute Gasteiger partial charge is 0.434 e. The second kappa shape index (κ2) is 6.78. The molecule has 1 aromatic rings. The average Bonchev–Trinajstić information content (AvgIpc) is 2.92. The highest BCUT2D eigenvalue weighted by Crippen LogP contribution is 2.32. The molecule has 0 aromatic carbocycles. The number of rotatable bonds is 3. The summed E-state index contributed by atoms with van der Waals surface area (Å²) in [6, 6.07) is 0. The molecule has 0 unspecified atom stereocenters. The Bertz CT molecular complexity index is 708. The molecule has 0 aliphatic carbocycles. The van der Waals surface area contributed by atoms with Crippen LogP contribution in [0.4, 0.5) is 4.79 Å². The Balaban J connectivity index is 2.48. The van der Waals surface area contributed by atoms with E-state index >= 15 is 0 Å². The van der Waals surface area contributed by atoms with Crippen LogP contribution in [-0.4, -0.2) is 35.4 Å². The quantitative estimate of drug-likeness (QED) is 0.789. The minimum atomic E-state index is -0.712. The maximum absolute atomic E-state index is 12.4. The number of carbonyl (C=O) groups is 2. The molecule has 0 radical (unpaired) electrons. The van der Waals surface area contributed by atoms with Crippen molar-refractivity contribution in [3.63, 3.8) is 0 Å². The number of aromatic nitrogens is 1. The van der Waals surface area contributed by atoms with Gasteiger partial charge in [0.25, 0.3) is 0 Å². The highest BCUT2D eigenvalue weighted by atomic mass is 32.2. The number of thioether (sulfide) groups is 1. The second-order valence-corrected chi connectivity index (χ2v) is 5.48. The van der Waals surface area contributed by atoms with E-state index < -0.39 is 12.1 Å². The Kier molecular flexibility index (Phi) is 5.02. The van der Waals surface area contributed by atoms with Gasteiger partial charge in [-0.2, -0.15) is 4.99 Å². The summed E-state index contributed by atoms with van der Waals surface area (Å²) in [5.41, 5.74) is 0.0862. The zero-order valence-electron chi connectivity index (χ0n) is 12.5. The Hall–Kier alpha value is -2.09. The summed E-state index contributed by atoms with van der Waals surface area (Å²) in [6.07, 6.45) is 0.991. The van der Waals surface area contributed by atoms with Gasteiger partial charge in [-0.1, -0.05) is 11.8 Å². The van der Waals surface area contributed by atoms with Crippen LogP contribution in [0.2, 0.25) is 0 Å². The van der Waals surface area contributed by atoms with Crippen molar-refractivity contribution in [3.8, 4) is 0 Å². The summed E-state index contributed by atoms with van der Waals surface area (Å²) >= 11 is 1.24. The van der Waals surface area contributed by atoms with Gasteiger partial charge in [0.15, 0.2) is 0 Å². The lowest BCUT2D eigenvalue weighted by Gasteiger charge is -2.11. The lowest BCUT2D eigenvalue weighted by molar-refractivity contribution is 0.0523. The van der Waals surface area contributed by atoms with Gasteiger partial charge in [-0.25, -0.2) is 9.59 Å². The first-order chi connectivity index (χ1) is 10.5. The summed E-state index contributed by atoms with van der Waals surface area (Å²) in [5.74, 6) is -0.638. The first kappa shape index (κ1) is 16.3. The summed E-state index contributed by atoms with van der Waals surface area (Å²) in [6.45, 7) is 4.36. The summed E-state index contributed by atoms with van der Waals surface area (Å²) in [4.78, 5) is 39.4. The fourth-order valence-corrected chi connectivity index (χ4v) is 3.23. The van der Waals surface area contributed by atoms with Crippen molar-refractivity contribution in [2.45, 2.75) is 31.8 Å².